The molecule has 10 aromatic carbocycles. The summed E-state index contributed by atoms with van der Waals surface area (Å²) in [6.45, 7) is 0. The Morgan fingerprint density at radius 2 is 0.446 bits per heavy atom. The van der Waals surface area contributed by atoms with Crippen molar-refractivity contribution in [3.8, 4) is 89.3 Å². The molecule has 4 heteroatoms. The molecule has 0 fully saturated rings. The highest BCUT2D eigenvalue weighted by molar-refractivity contribution is 6.13. The molecule has 0 radical (unpaired) electrons. The summed E-state index contributed by atoms with van der Waals surface area (Å²) in [6.07, 6.45) is 7.81. The van der Waals surface area contributed by atoms with Crippen LogP contribution < -0.4 is 0 Å². The van der Waals surface area contributed by atoms with Crippen LogP contribution in [0.3, 0.4) is 0 Å². The van der Waals surface area contributed by atoms with Crippen molar-refractivity contribution in [2.75, 3.05) is 0 Å². The predicted molar refractivity (Wildman–Crippen MR) is 309 cm³/mol. The van der Waals surface area contributed by atoms with Crippen LogP contribution in [0.2, 0.25) is 0 Å². The number of aromatic nitrogens is 4. The summed E-state index contributed by atoms with van der Waals surface area (Å²) in [5.41, 5.74) is 22.7. The second-order valence-electron chi connectivity index (χ2n) is 19.1. The number of nitrogens with zero attached hydrogens (tertiary/aromatic N) is 4. The van der Waals surface area contributed by atoms with Crippen molar-refractivity contribution in [2.24, 2.45) is 0 Å². The monoisotopic (exact) mass is 942 g/mol. The van der Waals surface area contributed by atoms with Crippen molar-refractivity contribution in [3.63, 3.8) is 0 Å². The Labute approximate surface area is 429 Å². The fourth-order valence-electron chi connectivity index (χ4n) is 11.0. The van der Waals surface area contributed by atoms with Gasteiger partial charge in [-0.05, 0) is 141 Å². The van der Waals surface area contributed by atoms with Crippen molar-refractivity contribution in [2.45, 2.75) is 0 Å². The Kier molecular flexibility index (Phi) is 10.5. The van der Waals surface area contributed by atoms with Crippen LogP contribution in [0, 0.1) is 0 Å². The molecule has 4 aromatic heterocycles. The lowest BCUT2D eigenvalue weighted by Crippen LogP contribution is -1.95. The first-order valence-electron chi connectivity index (χ1n) is 25.2. The molecule has 14 rings (SSSR count). The second kappa shape index (κ2) is 18.1. The fourth-order valence-corrected chi connectivity index (χ4v) is 11.0. The van der Waals surface area contributed by atoms with Crippen LogP contribution in [-0.2, 0) is 0 Å². The minimum absolute atomic E-state index is 1.00. The Hall–Kier alpha value is -9.90. The largest absolute Gasteiger partial charge is 0.309 e. The van der Waals surface area contributed by atoms with Gasteiger partial charge < -0.3 is 9.13 Å². The molecule has 0 unspecified atom stereocenters. The van der Waals surface area contributed by atoms with Crippen LogP contribution in [0.25, 0.3) is 133 Å². The molecular formula is C70H46N4. The third-order valence-corrected chi connectivity index (χ3v) is 14.6. The molecule has 0 bridgehead atoms. The van der Waals surface area contributed by atoms with Crippen molar-refractivity contribution >= 4 is 43.6 Å². The SMILES string of the molecule is c1ccc(-c2ccc3c(c2)c2cc(-c4ccccc4)ccc2n3-c2cccc(-c3cncc(-c4cncc(-c5cccc(-n6c7ccc(-c8ccccc8)cc7c7cc(-c8ccccc8)ccc76)c5)c4)c3)c2)cc1. The zero-order chi connectivity index (χ0) is 49.0. The first-order valence-corrected chi connectivity index (χ1v) is 25.2. The van der Waals surface area contributed by atoms with E-state index in [0.717, 1.165) is 66.8 Å². The van der Waals surface area contributed by atoms with Gasteiger partial charge in [0.25, 0.3) is 0 Å². The number of hydrogen-bond acceptors (Lipinski definition) is 2. The first kappa shape index (κ1) is 42.9. The van der Waals surface area contributed by atoms with Crippen LogP contribution in [-0.4, -0.2) is 19.1 Å². The molecule has 0 saturated heterocycles. The van der Waals surface area contributed by atoms with E-state index in [1.165, 1.54) is 66.1 Å². The van der Waals surface area contributed by atoms with Crippen LogP contribution in [0.4, 0.5) is 0 Å². The van der Waals surface area contributed by atoms with Crippen LogP contribution in [0.15, 0.2) is 280 Å². The summed E-state index contributed by atoms with van der Waals surface area (Å²) in [5.74, 6) is 0. The van der Waals surface area contributed by atoms with E-state index in [1.54, 1.807) is 0 Å². The minimum Gasteiger partial charge on any atom is -0.309 e. The van der Waals surface area contributed by atoms with Crippen molar-refractivity contribution in [1.29, 1.82) is 0 Å². The smallest absolute Gasteiger partial charge is 0.0541 e. The van der Waals surface area contributed by atoms with Gasteiger partial charge in [0.05, 0.1) is 22.1 Å². The Balaban J connectivity index is 0.824. The molecular weight excluding hydrogens is 897 g/mol. The van der Waals surface area contributed by atoms with Gasteiger partial charge in [-0.1, -0.05) is 170 Å². The van der Waals surface area contributed by atoms with Gasteiger partial charge in [0.2, 0.25) is 0 Å². The van der Waals surface area contributed by atoms with E-state index < -0.39 is 0 Å². The van der Waals surface area contributed by atoms with Gasteiger partial charge in [0, 0.05) is 80.0 Å². The summed E-state index contributed by atoms with van der Waals surface area (Å²) in [7, 11) is 0. The lowest BCUT2D eigenvalue weighted by molar-refractivity contribution is 1.18. The molecule has 74 heavy (non-hydrogen) atoms. The molecule has 0 aliphatic rings. The van der Waals surface area contributed by atoms with Gasteiger partial charge in [-0.3, -0.25) is 9.97 Å². The average Bonchev–Trinajstić information content (AvgIpc) is 4.02. The summed E-state index contributed by atoms with van der Waals surface area (Å²) >= 11 is 0. The molecule has 346 valence electrons. The predicted octanol–water partition coefficient (Wildman–Crippen LogP) is 18.3. The van der Waals surface area contributed by atoms with Crippen LogP contribution in [0.1, 0.15) is 0 Å². The number of rotatable bonds is 9. The number of fused-ring (bicyclic) bond motifs is 6. The van der Waals surface area contributed by atoms with Gasteiger partial charge in [-0.2, -0.15) is 0 Å². The van der Waals surface area contributed by atoms with Gasteiger partial charge in [0.1, 0.15) is 0 Å². The standard InChI is InChI=1S/C70H46N4/c1-5-15-47(16-6-1)53-27-31-67-63(39-53)64-40-54(48-17-7-2-8-18-48)28-32-68(64)73(67)61-25-13-23-51(37-61)57-35-59(45-71-43-57)60-36-58(44-72-46-60)52-24-14-26-62(38-52)74-69-33-29-55(49-19-9-3-10-20-49)41-65(69)66-42-56(30-34-70(66)74)50-21-11-4-12-22-50/h1-46H. The topological polar surface area (TPSA) is 35.6 Å². The van der Waals surface area contributed by atoms with E-state index in [0.29, 0.717) is 0 Å². The van der Waals surface area contributed by atoms with Gasteiger partial charge in [-0.25, -0.2) is 0 Å². The zero-order valence-electron chi connectivity index (χ0n) is 40.3. The Bertz CT molecular complexity index is 3920. The third-order valence-electron chi connectivity index (χ3n) is 14.6. The third kappa shape index (κ3) is 7.65. The highest BCUT2D eigenvalue weighted by Gasteiger charge is 2.18. The molecule has 0 atom stereocenters. The van der Waals surface area contributed by atoms with Gasteiger partial charge in [0.15, 0.2) is 0 Å². The number of hydrogen-bond donors (Lipinski definition) is 0. The highest BCUT2D eigenvalue weighted by atomic mass is 15.0. The maximum atomic E-state index is 4.83. The van der Waals surface area contributed by atoms with Gasteiger partial charge in [-0.15, -0.1) is 0 Å². The molecule has 0 spiro atoms. The fraction of sp³-hybridized carbons (Fsp3) is 0. The van der Waals surface area contributed by atoms with Crippen molar-refractivity contribution in [3.05, 3.63) is 280 Å². The lowest BCUT2D eigenvalue weighted by atomic mass is 10.00. The summed E-state index contributed by atoms with van der Waals surface area (Å²) in [6, 6.07) is 92.2. The van der Waals surface area contributed by atoms with Gasteiger partial charge >= 0.3 is 0 Å². The maximum Gasteiger partial charge on any atom is 0.0541 e. The lowest BCUT2D eigenvalue weighted by Gasteiger charge is -2.12. The summed E-state index contributed by atoms with van der Waals surface area (Å²) < 4.78 is 4.81. The maximum absolute atomic E-state index is 4.83. The Morgan fingerprint density at radius 3 is 0.743 bits per heavy atom. The summed E-state index contributed by atoms with van der Waals surface area (Å²) in [4.78, 5) is 9.66. The quantitative estimate of drug-likeness (QED) is 0.145. The molecule has 0 saturated carbocycles. The normalized spacial score (nSPS) is 11.5. The summed E-state index contributed by atoms with van der Waals surface area (Å²) in [5, 5.41) is 4.87. The highest BCUT2D eigenvalue weighted by Crippen LogP contribution is 2.41. The van der Waals surface area contributed by atoms with Crippen LogP contribution >= 0.6 is 0 Å². The van der Waals surface area contributed by atoms with E-state index in [2.05, 4.69) is 264 Å². The van der Waals surface area contributed by atoms with E-state index in [-0.39, 0.29) is 0 Å². The molecule has 0 amide bonds. The zero-order valence-corrected chi connectivity index (χ0v) is 40.3. The number of benzene rings is 10. The number of pyridine rings is 2. The van der Waals surface area contributed by atoms with Crippen LogP contribution in [0.5, 0.6) is 0 Å². The molecule has 4 heterocycles. The minimum atomic E-state index is 1.00. The Morgan fingerprint density at radius 1 is 0.189 bits per heavy atom. The molecule has 14 aromatic rings. The molecule has 4 nitrogen and oxygen atoms in total. The molecule has 0 N–H and O–H groups in total. The van der Waals surface area contributed by atoms with E-state index in [4.69, 9.17) is 9.97 Å². The van der Waals surface area contributed by atoms with Crippen molar-refractivity contribution in [1.82, 2.24) is 19.1 Å². The van der Waals surface area contributed by atoms with Crippen molar-refractivity contribution < 1.29 is 0 Å². The second-order valence-corrected chi connectivity index (χ2v) is 19.1. The van der Waals surface area contributed by atoms with E-state index in [9.17, 15) is 0 Å². The van der Waals surface area contributed by atoms with E-state index >= 15 is 0 Å². The molecule has 0 aliphatic heterocycles. The average molecular weight is 943 g/mol. The molecule has 0 aliphatic carbocycles. The van der Waals surface area contributed by atoms with E-state index in [1.807, 2.05) is 24.8 Å². The first-order chi connectivity index (χ1) is 36.7.